The van der Waals surface area contributed by atoms with Crippen molar-refractivity contribution in [3.8, 4) is 0 Å². The van der Waals surface area contributed by atoms with Gasteiger partial charge in [0.05, 0.1) is 10.0 Å². The lowest BCUT2D eigenvalue weighted by molar-refractivity contribution is 0.0914. The standard InChI is InChI=1S/C16H14Br2FNO/c1-16(10-17,12-5-3-2-4-6-12)20-15(21)11-7-8-14(19)13(18)9-11/h2-9H,10H2,1H3,(H,20,21). The van der Waals surface area contributed by atoms with Crippen LogP contribution >= 0.6 is 31.9 Å². The molecule has 1 unspecified atom stereocenters. The average Bonchev–Trinajstić information content (AvgIpc) is 2.50. The van der Waals surface area contributed by atoms with E-state index in [2.05, 4.69) is 37.2 Å². The molecule has 1 amide bonds. The predicted octanol–water partition coefficient (Wildman–Crippen LogP) is 4.63. The Bertz CT molecular complexity index is 648. The van der Waals surface area contributed by atoms with Crippen LogP contribution in [0.15, 0.2) is 53.0 Å². The van der Waals surface area contributed by atoms with Gasteiger partial charge in [0.2, 0.25) is 0 Å². The molecule has 2 nitrogen and oxygen atoms in total. The summed E-state index contributed by atoms with van der Waals surface area (Å²) >= 11 is 6.54. The minimum absolute atomic E-state index is 0.249. The van der Waals surface area contributed by atoms with Crippen molar-refractivity contribution in [3.05, 3.63) is 69.9 Å². The van der Waals surface area contributed by atoms with Crippen LogP contribution in [0.3, 0.4) is 0 Å². The van der Waals surface area contributed by atoms with Gasteiger partial charge in [0, 0.05) is 10.9 Å². The fraction of sp³-hybridized carbons (Fsp3) is 0.188. The molecular weight excluding hydrogens is 401 g/mol. The van der Waals surface area contributed by atoms with Gasteiger partial charge >= 0.3 is 0 Å². The molecule has 0 aliphatic rings. The summed E-state index contributed by atoms with van der Waals surface area (Å²) in [6.45, 7) is 1.94. The molecule has 1 N–H and O–H groups in total. The molecule has 0 radical (unpaired) electrons. The molecule has 0 bridgehead atoms. The van der Waals surface area contributed by atoms with Crippen LogP contribution in [0.5, 0.6) is 0 Å². The quantitative estimate of drug-likeness (QED) is 0.726. The summed E-state index contributed by atoms with van der Waals surface area (Å²) < 4.78 is 13.5. The molecule has 1 atom stereocenters. The number of halogens is 3. The molecular formula is C16H14Br2FNO. The third kappa shape index (κ3) is 3.71. The lowest BCUT2D eigenvalue weighted by atomic mass is 9.94. The fourth-order valence-electron chi connectivity index (χ4n) is 1.95. The highest BCUT2D eigenvalue weighted by Crippen LogP contribution is 2.24. The van der Waals surface area contributed by atoms with E-state index in [1.54, 1.807) is 0 Å². The van der Waals surface area contributed by atoms with Crippen molar-refractivity contribution in [2.45, 2.75) is 12.5 Å². The Labute approximate surface area is 140 Å². The van der Waals surface area contributed by atoms with Gasteiger partial charge in [-0.15, -0.1) is 0 Å². The molecule has 0 spiro atoms. The molecule has 2 aromatic carbocycles. The van der Waals surface area contributed by atoms with Crippen molar-refractivity contribution >= 4 is 37.8 Å². The first-order valence-electron chi connectivity index (χ1n) is 6.35. The number of carbonyl (C=O) groups is 1. The molecule has 0 saturated carbocycles. The number of carbonyl (C=O) groups excluding carboxylic acids is 1. The summed E-state index contributed by atoms with van der Waals surface area (Å²) in [7, 11) is 0. The molecule has 0 aromatic heterocycles. The molecule has 110 valence electrons. The maximum absolute atomic E-state index is 13.2. The van der Waals surface area contributed by atoms with E-state index >= 15 is 0 Å². The Morgan fingerprint density at radius 1 is 1.24 bits per heavy atom. The molecule has 0 saturated heterocycles. The normalized spacial score (nSPS) is 13.5. The van der Waals surface area contributed by atoms with Crippen molar-refractivity contribution in [3.63, 3.8) is 0 Å². The van der Waals surface area contributed by atoms with Crippen molar-refractivity contribution in [1.82, 2.24) is 5.32 Å². The van der Waals surface area contributed by atoms with Gasteiger partial charge in [-0.25, -0.2) is 4.39 Å². The summed E-state index contributed by atoms with van der Waals surface area (Å²) in [5.74, 6) is -0.639. The molecule has 2 aromatic rings. The van der Waals surface area contributed by atoms with Crippen LogP contribution in [0.2, 0.25) is 0 Å². The number of amides is 1. The first-order chi connectivity index (χ1) is 9.96. The summed E-state index contributed by atoms with van der Waals surface area (Å²) in [6, 6.07) is 13.9. The number of rotatable bonds is 4. The SMILES string of the molecule is CC(CBr)(NC(=O)c1ccc(F)c(Br)c1)c1ccccc1. The van der Waals surface area contributed by atoms with Crippen LogP contribution in [0.25, 0.3) is 0 Å². The topological polar surface area (TPSA) is 29.1 Å². The van der Waals surface area contributed by atoms with Crippen LogP contribution in [0, 0.1) is 5.82 Å². The van der Waals surface area contributed by atoms with Crippen LogP contribution in [0.4, 0.5) is 4.39 Å². The number of hydrogen-bond acceptors (Lipinski definition) is 1. The van der Waals surface area contributed by atoms with Gasteiger partial charge < -0.3 is 5.32 Å². The van der Waals surface area contributed by atoms with E-state index in [0.717, 1.165) is 5.56 Å². The summed E-state index contributed by atoms with van der Waals surface area (Å²) in [5.41, 5.74) is 0.863. The van der Waals surface area contributed by atoms with Crippen molar-refractivity contribution < 1.29 is 9.18 Å². The van der Waals surface area contributed by atoms with Crippen molar-refractivity contribution in [2.75, 3.05) is 5.33 Å². The van der Waals surface area contributed by atoms with Crippen LogP contribution in [0.1, 0.15) is 22.8 Å². The molecule has 5 heteroatoms. The van der Waals surface area contributed by atoms with Gasteiger partial charge in [0.15, 0.2) is 0 Å². The van der Waals surface area contributed by atoms with Gasteiger partial charge in [-0.3, -0.25) is 4.79 Å². The van der Waals surface area contributed by atoms with Crippen LogP contribution in [-0.2, 0) is 5.54 Å². The molecule has 0 heterocycles. The largest absolute Gasteiger partial charge is 0.342 e. The summed E-state index contributed by atoms with van der Waals surface area (Å²) in [6.07, 6.45) is 0. The minimum atomic E-state index is -0.542. The lowest BCUT2D eigenvalue weighted by Crippen LogP contribution is -2.44. The highest BCUT2D eigenvalue weighted by atomic mass is 79.9. The van der Waals surface area contributed by atoms with Gasteiger partial charge in [0.25, 0.3) is 5.91 Å². The van der Waals surface area contributed by atoms with E-state index in [9.17, 15) is 9.18 Å². The zero-order chi connectivity index (χ0) is 15.5. The predicted molar refractivity (Wildman–Crippen MR) is 89.2 cm³/mol. The van der Waals surface area contributed by atoms with E-state index in [0.29, 0.717) is 10.9 Å². The van der Waals surface area contributed by atoms with E-state index in [1.165, 1.54) is 18.2 Å². The van der Waals surface area contributed by atoms with Crippen molar-refractivity contribution in [1.29, 1.82) is 0 Å². The van der Waals surface area contributed by atoms with E-state index in [1.807, 2.05) is 37.3 Å². The third-order valence-corrected chi connectivity index (χ3v) is 4.98. The molecule has 0 aliphatic carbocycles. The van der Waals surface area contributed by atoms with Crippen LogP contribution in [-0.4, -0.2) is 11.2 Å². The second-order valence-electron chi connectivity index (χ2n) is 4.91. The number of benzene rings is 2. The highest BCUT2D eigenvalue weighted by Gasteiger charge is 2.27. The lowest BCUT2D eigenvalue weighted by Gasteiger charge is -2.29. The Kier molecular flexibility index (Phi) is 5.17. The second kappa shape index (κ2) is 6.71. The van der Waals surface area contributed by atoms with Gasteiger partial charge in [-0.2, -0.15) is 0 Å². The summed E-state index contributed by atoms with van der Waals surface area (Å²) in [4.78, 5) is 12.4. The van der Waals surface area contributed by atoms with E-state index in [4.69, 9.17) is 0 Å². The maximum atomic E-state index is 13.2. The number of nitrogens with one attached hydrogen (secondary N) is 1. The summed E-state index contributed by atoms with van der Waals surface area (Å²) in [5, 5.41) is 3.56. The van der Waals surface area contributed by atoms with Gasteiger partial charge in [0.1, 0.15) is 5.82 Å². The van der Waals surface area contributed by atoms with Crippen molar-refractivity contribution in [2.24, 2.45) is 0 Å². The Morgan fingerprint density at radius 2 is 1.90 bits per heavy atom. The fourth-order valence-corrected chi connectivity index (χ4v) is 2.79. The van der Waals surface area contributed by atoms with Gasteiger partial charge in [-0.1, -0.05) is 46.3 Å². The number of hydrogen-bond donors (Lipinski definition) is 1. The Morgan fingerprint density at radius 3 is 2.48 bits per heavy atom. The highest BCUT2D eigenvalue weighted by molar-refractivity contribution is 9.10. The van der Waals surface area contributed by atoms with Crippen LogP contribution < -0.4 is 5.32 Å². The number of alkyl halides is 1. The van der Waals surface area contributed by atoms with E-state index in [-0.39, 0.29) is 10.4 Å². The smallest absolute Gasteiger partial charge is 0.252 e. The van der Waals surface area contributed by atoms with Gasteiger partial charge in [-0.05, 0) is 46.6 Å². The van der Waals surface area contributed by atoms with E-state index < -0.39 is 11.4 Å². The second-order valence-corrected chi connectivity index (χ2v) is 6.33. The zero-order valence-electron chi connectivity index (χ0n) is 11.4. The first kappa shape index (κ1) is 16.2. The molecule has 0 fully saturated rings. The Hall–Kier alpha value is -1.20. The molecule has 21 heavy (non-hydrogen) atoms. The molecule has 2 rings (SSSR count). The molecule has 0 aliphatic heterocycles. The monoisotopic (exact) mass is 413 g/mol. The minimum Gasteiger partial charge on any atom is -0.342 e. The average molecular weight is 415 g/mol. The third-order valence-electron chi connectivity index (χ3n) is 3.25. The zero-order valence-corrected chi connectivity index (χ0v) is 14.5. The first-order valence-corrected chi connectivity index (χ1v) is 8.27. The maximum Gasteiger partial charge on any atom is 0.252 e. The Balaban J connectivity index is 2.26.